The van der Waals surface area contributed by atoms with Gasteiger partial charge in [0.2, 0.25) is 0 Å². The van der Waals surface area contributed by atoms with Gasteiger partial charge in [-0.25, -0.2) is 4.98 Å². The number of esters is 1. The van der Waals surface area contributed by atoms with E-state index < -0.39 is 10.9 Å². The molecule has 1 heterocycles. The van der Waals surface area contributed by atoms with Gasteiger partial charge in [-0.15, -0.1) is 0 Å². The molecular weight excluding hydrogens is 224 g/mol. The van der Waals surface area contributed by atoms with Crippen LogP contribution in [-0.4, -0.2) is 23.0 Å². The van der Waals surface area contributed by atoms with E-state index in [9.17, 15) is 14.9 Å². The van der Waals surface area contributed by atoms with Crippen molar-refractivity contribution in [1.82, 2.24) is 4.98 Å². The van der Waals surface area contributed by atoms with Crippen LogP contribution in [-0.2, 0) is 16.0 Å². The molecule has 7 heteroatoms. The first-order valence-electron chi connectivity index (χ1n) is 3.90. The second kappa shape index (κ2) is 4.70. The van der Waals surface area contributed by atoms with Crippen molar-refractivity contribution in [3.8, 4) is 0 Å². The van der Waals surface area contributed by atoms with Gasteiger partial charge in [0.15, 0.2) is 0 Å². The van der Waals surface area contributed by atoms with Crippen molar-refractivity contribution in [3.63, 3.8) is 0 Å². The maximum Gasteiger partial charge on any atom is 0.310 e. The lowest BCUT2D eigenvalue weighted by Gasteiger charge is -2.01. The average Bonchev–Trinajstić information content (AvgIpc) is 2.17. The summed E-state index contributed by atoms with van der Waals surface area (Å²) < 4.78 is 4.40. The first-order chi connectivity index (χ1) is 7.04. The molecule has 0 aliphatic carbocycles. The zero-order valence-electron chi connectivity index (χ0n) is 7.77. The van der Waals surface area contributed by atoms with Gasteiger partial charge in [-0.1, -0.05) is 11.6 Å². The highest BCUT2D eigenvalue weighted by atomic mass is 35.5. The highest BCUT2D eigenvalue weighted by Crippen LogP contribution is 2.20. The van der Waals surface area contributed by atoms with Crippen LogP contribution in [0.5, 0.6) is 0 Å². The molecule has 0 saturated carbocycles. The second-order valence-electron chi connectivity index (χ2n) is 2.65. The van der Waals surface area contributed by atoms with Crippen molar-refractivity contribution in [1.29, 1.82) is 0 Å². The zero-order valence-corrected chi connectivity index (χ0v) is 8.52. The average molecular weight is 231 g/mol. The summed E-state index contributed by atoms with van der Waals surface area (Å²) in [6, 6.07) is 1.27. The molecule has 6 nitrogen and oxygen atoms in total. The van der Waals surface area contributed by atoms with Crippen LogP contribution in [0.3, 0.4) is 0 Å². The summed E-state index contributed by atoms with van der Waals surface area (Å²) in [6.07, 6.45) is 0.815. The highest BCUT2D eigenvalue weighted by molar-refractivity contribution is 6.29. The maximum absolute atomic E-state index is 11.0. The van der Waals surface area contributed by atoms with Gasteiger partial charge in [0.1, 0.15) is 11.3 Å². The summed E-state index contributed by atoms with van der Waals surface area (Å²) in [5.41, 5.74) is -0.0587. The van der Waals surface area contributed by atoms with Crippen molar-refractivity contribution in [2.45, 2.75) is 6.42 Å². The molecule has 0 fully saturated rings. The molecule has 0 atom stereocenters. The summed E-state index contributed by atoms with van der Waals surface area (Å²) >= 11 is 5.56. The third kappa shape index (κ3) is 2.88. The second-order valence-corrected chi connectivity index (χ2v) is 3.03. The minimum atomic E-state index is -0.623. The quantitative estimate of drug-likeness (QED) is 0.339. The van der Waals surface area contributed by atoms with Gasteiger partial charge in [-0.3, -0.25) is 14.9 Å². The Morgan fingerprint density at radius 3 is 2.93 bits per heavy atom. The molecule has 0 N–H and O–H groups in total. The van der Waals surface area contributed by atoms with Gasteiger partial charge in [-0.05, 0) is 6.07 Å². The zero-order chi connectivity index (χ0) is 11.4. The summed E-state index contributed by atoms with van der Waals surface area (Å²) in [6.45, 7) is 0. The molecule has 0 aliphatic heterocycles. The van der Waals surface area contributed by atoms with E-state index in [1.165, 1.54) is 13.2 Å². The van der Waals surface area contributed by atoms with E-state index in [0.29, 0.717) is 0 Å². The predicted octanol–water partition coefficient (Wildman–Crippen LogP) is 1.36. The molecule has 0 aliphatic rings. The number of hydrogen-bond acceptors (Lipinski definition) is 5. The molecular formula is C8H7ClN2O4. The fourth-order valence-corrected chi connectivity index (χ4v) is 1.17. The van der Waals surface area contributed by atoms with Crippen LogP contribution in [0.2, 0.25) is 5.15 Å². The monoisotopic (exact) mass is 230 g/mol. The molecule has 0 spiro atoms. The number of hydrogen-bond donors (Lipinski definition) is 0. The van der Waals surface area contributed by atoms with E-state index in [-0.39, 0.29) is 22.8 Å². The standard InChI is InChI=1S/C8H7ClN2O4/c1-15-8(12)3-5-2-7(9)10-4-6(5)11(13)14/h2,4H,3H2,1H3. The number of methoxy groups -OCH3 is 1. The molecule has 1 rings (SSSR count). The van der Waals surface area contributed by atoms with Crippen LogP contribution in [0, 0.1) is 10.1 Å². The molecule has 1 aromatic heterocycles. The van der Waals surface area contributed by atoms with Crippen molar-refractivity contribution in [2.24, 2.45) is 0 Å². The van der Waals surface area contributed by atoms with Gasteiger partial charge in [0, 0.05) is 5.56 Å². The van der Waals surface area contributed by atoms with Crippen LogP contribution >= 0.6 is 11.6 Å². The topological polar surface area (TPSA) is 82.3 Å². The lowest BCUT2D eigenvalue weighted by molar-refractivity contribution is -0.385. The number of aromatic nitrogens is 1. The Bertz CT molecular complexity index is 408. The Morgan fingerprint density at radius 2 is 2.40 bits per heavy atom. The fraction of sp³-hybridized carbons (Fsp3) is 0.250. The van der Waals surface area contributed by atoms with E-state index in [1.54, 1.807) is 0 Å². The Morgan fingerprint density at radius 1 is 1.73 bits per heavy atom. The van der Waals surface area contributed by atoms with E-state index >= 15 is 0 Å². The van der Waals surface area contributed by atoms with E-state index in [4.69, 9.17) is 11.6 Å². The van der Waals surface area contributed by atoms with Crippen LogP contribution in [0.25, 0.3) is 0 Å². The van der Waals surface area contributed by atoms with Crippen LogP contribution in [0.1, 0.15) is 5.56 Å². The normalized spacial score (nSPS) is 9.73. The van der Waals surface area contributed by atoms with Crippen molar-refractivity contribution in [2.75, 3.05) is 7.11 Å². The molecule has 0 saturated heterocycles. The molecule has 0 unspecified atom stereocenters. The van der Waals surface area contributed by atoms with Crippen LogP contribution < -0.4 is 0 Å². The summed E-state index contributed by atoms with van der Waals surface area (Å²) in [5.74, 6) is -0.569. The first kappa shape index (κ1) is 11.4. The van der Waals surface area contributed by atoms with Gasteiger partial charge in [-0.2, -0.15) is 0 Å². The Balaban J connectivity index is 3.07. The van der Waals surface area contributed by atoms with Crippen LogP contribution in [0.4, 0.5) is 5.69 Å². The third-order valence-electron chi connectivity index (χ3n) is 1.69. The largest absolute Gasteiger partial charge is 0.469 e. The van der Waals surface area contributed by atoms with Crippen molar-refractivity contribution in [3.05, 3.63) is 33.1 Å². The molecule has 80 valence electrons. The van der Waals surface area contributed by atoms with E-state index in [1.807, 2.05) is 0 Å². The molecule has 0 radical (unpaired) electrons. The third-order valence-corrected chi connectivity index (χ3v) is 1.90. The number of carbonyl (C=O) groups excluding carboxylic acids is 1. The van der Waals surface area contributed by atoms with Gasteiger partial charge < -0.3 is 4.74 Å². The fourth-order valence-electron chi connectivity index (χ4n) is 0.994. The number of nitrogens with zero attached hydrogens (tertiary/aromatic N) is 2. The minimum Gasteiger partial charge on any atom is -0.469 e. The van der Waals surface area contributed by atoms with Crippen molar-refractivity contribution < 1.29 is 14.5 Å². The number of nitro groups is 1. The molecule has 15 heavy (non-hydrogen) atoms. The lowest BCUT2D eigenvalue weighted by atomic mass is 10.1. The SMILES string of the molecule is COC(=O)Cc1cc(Cl)ncc1[N+](=O)[O-]. The smallest absolute Gasteiger partial charge is 0.310 e. The first-order valence-corrected chi connectivity index (χ1v) is 4.28. The summed E-state index contributed by atoms with van der Waals surface area (Å²) in [4.78, 5) is 24.5. The predicted molar refractivity (Wildman–Crippen MR) is 51.6 cm³/mol. The maximum atomic E-state index is 11.0. The number of ether oxygens (including phenoxy) is 1. The molecule has 1 aromatic rings. The highest BCUT2D eigenvalue weighted by Gasteiger charge is 2.17. The molecule has 0 aromatic carbocycles. The Kier molecular flexibility index (Phi) is 3.56. The Labute approximate surface area is 90.0 Å². The van der Waals surface area contributed by atoms with E-state index in [0.717, 1.165) is 6.20 Å². The summed E-state index contributed by atoms with van der Waals surface area (Å²) in [7, 11) is 1.21. The number of rotatable bonds is 3. The van der Waals surface area contributed by atoms with Crippen molar-refractivity contribution >= 4 is 23.3 Å². The van der Waals surface area contributed by atoms with Gasteiger partial charge in [0.05, 0.1) is 18.5 Å². The minimum absolute atomic E-state index is 0.0968. The molecule has 0 bridgehead atoms. The number of carbonyl (C=O) groups is 1. The van der Waals surface area contributed by atoms with E-state index in [2.05, 4.69) is 9.72 Å². The van der Waals surface area contributed by atoms with Crippen LogP contribution in [0.15, 0.2) is 12.3 Å². The number of halogens is 1. The Hall–Kier alpha value is -1.69. The van der Waals surface area contributed by atoms with Gasteiger partial charge >= 0.3 is 5.97 Å². The van der Waals surface area contributed by atoms with Gasteiger partial charge in [0.25, 0.3) is 5.69 Å². The number of pyridine rings is 1. The lowest BCUT2D eigenvalue weighted by Crippen LogP contribution is -2.07. The molecule has 0 amide bonds. The summed E-state index contributed by atoms with van der Waals surface area (Å²) in [5, 5.41) is 10.7.